The van der Waals surface area contributed by atoms with Gasteiger partial charge in [-0.25, -0.2) is 0 Å². The van der Waals surface area contributed by atoms with Gasteiger partial charge >= 0.3 is 0 Å². The van der Waals surface area contributed by atoms with E-state index >= 15 is 0 Å². The van der Waals surface area contributed by atoms with Gasteiger partial charge < -0.3 is 11.7 Å². The average Bonchev–Trinajstić information content (AvgIpc) is 2.27. The third-order valence-corrected chi connectivity index (χ3v) is 5.36. The molecule has 1 radical (unpaired) electrons. The Hall–Kier alpha value is 1.41. The van der Waals surface area contributed by atoms with Crippen LogP contribution in [0.4, 0.5) is 0 Å². The van der Waals surface area contributed by atoms with E-state index < -0.39 is 0 Å². The van der Waals surface area contributed by atoms with Gasteiger partial charge in [0.2, 0.25) is 0 Å². The van der Waals surface area contributed by atoms with Crippen LogP contribution in [0.15, 0.2) is 0 Å². The van der Waals surface area contributed by atoms with Gasteiger partial charge in [-0.1, -0.05) is 40.5 Å². The molecule has 4 unspecified atom stereocenters. The summed E-state index contributed by atoms with van der Waals surface area (Å²) in [4.78, 5) is 0. The number of ether oxygens (including phenoxy) is 1. The van der Waals surface area contributed by atoms with Gasteiger partial charge in [0, 0.05) is 49.5 Å². The van der Waals surface area contributed by atoms with Crippen LogP contribution in [0.3, 0.4) is 0 Å². The molecule has 1 rings (SSSR count). The van der Waals surface area contributed by atoms with E-state index in [0.29, 0.717) is 17.8 Å². The van der Waals surface area contributed by atoms with E-state index in [2.05, 4.69) is 41.5 Å². The first-order valence-corrected chi connectivity index (χ1v) is 8.26. The van der Waals surface area contributed by atoms with Crippen LogP contribution >= 0.6 is 12.6 Å². The molecule has 0 aromatic heterocycles. The van der Waals surface area contributed by atoms with E-state index in [1.54, 1.807) is 0 Å². The number of rotatable bonds is 6. The topological polar surface area (TPSA) is 9.23 Å². The smallest absolute Gasteiger partial charge is 0.0535 e. The molecular weight excluding hydrogens is 341 g/mol. The van der Waals surface area contributed by atoms with Crippen LogP contribution in [-0.4, -0.2) is 18.0 Å². The Labute approximate surface area is 157 Å². The zero-order valence-corrected chi connectivity index (χ0v) is 17.8. The van der Waals surface area contributed by atoms with Gasteiger partial charge in [-0.15, -0.1) is 0 Å². The minimum Gasteiger partial charge on any atom is -0.381 e. The summed E-state index contributed by atoms with van der Waals surface area (Å²) in [5, 5.41) is 0. The largest absolute Gasteiger partial charge is 0.381 e. The monoisotopic (exact) mass is 374 g/mol. The van der Waals surface area contributed by atoms with Crippen molar-refractivity contribution in [1.82, 2.24) is 0 Å². The first kappa shape index (κ1) is 21.4. The third kappa shape index (κ3) is 5.56. The summed E-state index contributed by atoms with van der Waals surface area (Å²) in [6, 6.07) is 0. The molecule has 0 spiro atoms. The standard InChI is InChI=1S/C17H33OS.Y/c1-7-14(4)9-16(6,19)17(8-13(2)3)10-15(5)11-18-12-17;/h13-15,19H,1,7-12H2,2-6H3;/q-1;. The first-order chi connectivity index (χ1) is 8.72. The van der Waals surface area contributed by atoms with Crippen LogP contribution in [0.25, 0.3) is 0 Å². The van der Waals surface area contributed by atoms with Crippen molar-refractivity contribution in [1.29, 1.82) is 0 Å². The van der Waals surface area contributed by atoms with Crippen molar-refractivity contribution in [2.24, 2.45) is 23.2 Å². The van der Waals surface area contributed by atoms with Crippen molar-refractivity contribution in [2.75, 3.05) is 13.2 Å². The molecule has 0 N–H and O–H groups in total. The van der Waals surface area contributed by atoms with Crippen LogP contribution in [0, 0.1) is 30.1 Å². The van der Waals surface area contributed by atoms with Crippen LogP contribution in [0.1, 0.15) is 60.3 Å². The quantitative estimate of drug-likeness (QED) is 0.508. The summed E-state index contributed by atoms with van der Waals surface area (Å²) >= 11 is 5.12. The molecule has 4 atom stereocenters. The molecule has 0 aliphatic carbocycles. The van der Waals surface area contributed by atoms with Gasteiger partial charge in [0.15, 0.2) is 0 Å². The second kappa shape index (κ2) is 8.89. The SMILES string of the molecule is [CH2-]CC(C)CC(C)(S)C1(CC(C)C)COCC(C)C1.[Y]. The molecule has 3 heteroatoms. The van der Waals surface area contributed by atoms with E-state index in [1.807, 2.05) is 0 Å². The minimum atomic E-state index is 0. The summed E-state index contributed by atoms with van der Waals surface area (Å²) in [7, 11) is 0. The second-order valence-corrected chi connectivity index (χ2v) is 8.56. The van der Waals surface area contributed by atoms with Crippen LogP contribution in [0.5, 0.6) is 0 Å². The number of thiol groups is 1. The van der Waals surface area contributed by atoms with Gasteiger partial charge in [0.1, 0.15) is 0 Å². The Morgan fingerprint density at radius 1 is 1.40 bits per heavy atom. The van der Waals surface area contributed by atoms with E-state index in [0.717, 1.165) is 26.1 Å². The molecule has 0 aromatic rings. The maximum absolute atomic E-state index is 5.94. The van der Waals surface area contributed by atoms with Crippen molar-refractivity contribution in [2.45, 2.75) is 65.0 Å². The molecule has 1 heterocycles. The van der Waals surface area contributed by atoms with E-state index in [-0.39, 0.29) is 42.9 Å². The Morgan fingerprint density at radius 2 is 2.00 bits per heavy atom. The van der Waals surface area contributed by atoms with E-state index in [9.17, 15) is 0 Å². The fraction of sp³-hybridized carbons (Fsp3) is 0.941. The zero-order valence-electron chi connectivity index (χ0n) is 14.1. The Kier molecular flexibility index (Phi) is 9.52. The van der Waals surface area contributed by atoms with Gasteiger partial charge in [-0.05, 0) is 31.1 Å². The molecule has 1 fully saturated rings. The van der Waals surface area contributed by atoms with Crippen molar-refractivity contribution in [3.63, 3.8) is 0 Å². The molecule has 0 amide bonds. The fourth-order valence-corrected chi connectivity index (χ4v) is 4.32. The molecule has 0 aromatic carbocycles. The van der Waals surface area contributed by atoms with Crippen LogP contribution in [0.2, 0.25) is 0 Å². The van der Waals surface area contributed by atoms with Crippen molar-refractivity contribution in [3.05, 3.63) is 6.92 Å². The van der Waals surface area contributed by atoms with Gasteiger partial charge in [-0.3, -0.25) is 0 Å². The minimum absolute atomic E-state index is 0. The molecule has 117 valence electrons. The molecule has 20 heavy (non-hydrogen) atoms. The summed E-state index contributed by atoms with van der Waals surface area (Å²) in [6.45, 7) is 17.4. The number of hydrogen-bond acceptors (Lipinski definition) is 2. The van der Waals surface area contributed by atoms with Gasteiger partial charge in [0.05, 0.1) is 6.61 Å². The normalized spacial score (nSPS) is 31.5. The molecular formula is C17H33OSY-. The average molecular weight is 374 g/mol. The van der Waals surface area contributed by atoms with Crippen molar-refractivity contribution >= 4 is 12.6 Å². The first-order valence-electron chi connectivity index (χ1n) is 7.82. The van der Waals surface area contributed by atoms with Crippen molar-refractivity contribution < 1.29 is 37.4 Å². The molecule has 1 saturated heterocycles. The van der Waals surface area contributed by atoms with Gasteiger partial charge in [-0.2, -0.15) is 19.0 Å². The Balaban J connectivity index is 0.00000361. The third-order valence-electron chi connectivity index (χ3n) is 4.70. The maximum atomic E-state index is 5.94. The molecule has 1 aliphatic rings. The summed E-state index contributed by atoms with van der Waals surface area (Å²) in [5.74, 6) is 1.97. The zero-order chi connectivity index (χ0) is 14.7. The Bertz CT molecular complexity index is 276. The predicted octanol–water partition coefficient (Wildman–Crippen LogP) is 5.01. The van der Waals surface area contributed by atoms with E-state index in [1.165, 1.54) is 12.8 Å². The summed E-state index contributed by atoms with van der Waals surface area (Å²) < 4.78 is 5.97. The maximum Gasteiger partial charge on any atom is 0.0535 e. The van der Waals surface area contributed by atoms with E-state index in [4.69, 9.17) is 17.4 Å². The molecule has 0 bridgehead atoms. The second-order valence-electron chi connectivity index (χ2n) is 7.57. The number of hydrogen-bond donors (Lipinski definition) is 1. The van der Waals surface area contributed by atoms with Gasteiger partial charge in [0.25, 0.3) is 0 Å². The molecule has 1 aliphatic heterocycles. The fourth-order valence-electron chi connectivity index (χ4n) is 3.76. The molecule has 1 nitrogen and oxygen atoms in total. The van der Waals surface area contributed by atoms with Crippen molar-refractivity contribution in [3.8, 4) is 0 Å². The van der Waals surface area contributed by atoms with Crippen LogP contribution in [-0.2, 0) is 37.4 Å². The summed E-state index contributed by atoms with van der Waals surface area (Å²) in [6.07, 6.45) is 4.57. The summed E-state index contributed by atoms with van der Waals surface area (Å²) in [5.41, 5.74) is 0.214. The predicted molar refractivity (Wildman–Crippen MR) is 87.6 cm³/mol. The van der Waals surface area contributed by atoms with Crippen LogP contribution < -0.4 is 0 Å². The molecule has 0 saturated carbocycles. The Morgan fingerprint density at radius 3 is 2.45 bits per heavy atom.